The van der Waals surface area contributed by atoms with Gasteiger partial charge in [-0.15, -0.1) is 0 Å². The molecule has 5 nitrogen and oxygen atoms in total. The zero-order chi connectivity index (χ0) is 7.84. The molecule has 0 unspecified atom stereocenters. The molecule has 0 fully saturated rings. The molecule has 2 aliphatic heterocycles. The van der Waals surface area contributed by atoms with Crippen LogP contribution in [0.25, 0.3) is 0 Å². The van der Waals surface area contributed by atoms with Crippen molar-refractivity contribution in [2.24, 2.45) is 5.84 Å². The van der Waals surface area contributed by atoms with E-state index in [1.807, 2.05) is 17.2 Å². The van der Waals surface area contributed by atoms with Gasteiger partial charge in [0.2, 0.25) is 0 Å². The van der Waals surface area contributed by atoms with E-state index in [-0.39, 0.29) is 0 Å². The maximum atomic E-state index is 9.29. The van der Waals surface area contributed by atoms with Crippen LogP contribution < -0.4 is 5.84 Å². The highest BCUT2D eigenvalue weighted by atomic mass is 16.5. The molecule has 2 aliphatic rings. The van der Waals surface area contributed by atoms with Gasteiger partial charge in [-0.25, -0.2) is 10.9 Å². The van der Waals surface area contributed by atoms with Crippen molar-refractivity contribution in [3.05, 3.63) is 24.3 Å². The van der Waals surface area contributed by atoms with E-state index in [2.05, 4.69) is 0 Å². The molecule has 0 saturated heterocycles. The van der Waals surface area contributed by atoms with Crippen LogP contribution in [0.4, 0.5) is 0 Å². The Morgan fingerprint density at radius 3 is 3.09 bits per heavy atom. The van der Waals surface area contributed by atoms with Gasteiger partial charge in [-0.3, -0.25) is 10.2 Å². The molecule has 0 spiro atoms. The Kier molecular flexibility index (Phi) is 1.27. The molecule has 0 amide bonds. The van der Waals surface area contributed by atoms with E-state index in [4.69, 9.17) is 5.84 Å². The molecule has 0 saturated carbocycles. The smallest absolute Gasteiger partial charge is 0.152 e. The van der Waals surface area contributed by atoms with E-state index >= 15 is 0 Å². The maximum Gasteiger partial charge on any atom is 0.152 e. The third kappa shape index (κ3) is 0.941. The Hall–Kier alpha value is -1.20. The summed E-state index contributed by atoms with van der Waals surface area (Å²) in [6, 6.07) is 0. The largest absolute Gasteiger partial charge is 0.312 e. The van der Waals surface area contributed by atoms with Crippen LogP contribution in [-0.2, 0) is 0 Å². The van der Waals surface area contributed by atoms with E-state index < -0.39 is 0 Å². The van der Waals surface area contributed by atoms with Crippen molar-refractivity contribution in [1.82, 2.24) is 15.0 Å². The molecular weight excluding hydrogens is 144 g/mol. The van der Waals surface area contributed by atoms with E-state index in [1.165, 1.54) is 5.01 Å². The van der Waals surface area contributed by atoms with Gasteiger partial charge in [-0.2, -0.15) is 0 Å². The van der Waals surface area contributed by atoms with Crippen molar-refractivity contribution < 1.29 is 5.21 Å². The first kappa shape index (κ1) is 6.51. The molecule has 2 heterocycles. The first-order valence-corrected chi connectivity index (χ1v) is 3.40. The lowest BCUT2D eigenvalue weighted by atomic mass is 10.4. The lowest BCUT2D eigenvalue weighted by molar-refractivity contribution is -0.0684. The molecule has 0 aromatic heterocycles. The molecule has 11 heavy (non-hydrogen) atoms. The summed E-state index contributed by atoms with van der Waals surface area (Å²) in [5, 5.41) is 12.0. The summed E-state index contributed by atoms with van der Waals surface area (Å²) in [5.74, 6) is 6.23. The Balaban J connectivity index is 2.26. The van der Waals surface area contributed by atoms with E-state index in [0.29, 0.717) is 13.2 Å². The van der Waals surface area contributed by atoms with Gasteiger partial charge in [0, 0.05) is 6.20 Å². The summed E-state index contributed by atoms with van der Waals surface area (Å²) < 4.78 is 0. The van der Waals surface area contributed by atoms with Crippen LogP contribution in [0.1, 0.15) is 0 Å². The third-order valence-corrected chi connectivity index (χ3v) is 1.72. The molecule has 0 aromatic rings. The number of rotatable bonds is 0. The third-order valence-electron chi connectivity index (χ3n) is 1.72. The minimum Gasteiger partial charge on any atom is -0.312 e. The van der Waals surface area contributed by atoms with Gasteiger partial charge in [0.05, 0.1) is 12.7 Å². The zero-order valence-electron chi connectivity index (χ0n) is 6.01. The normalized spacial score (nSPS) is 22.4. The topological polar surface area (TPSA) is 56.0 Å². The first-order chi connectivity index (χ1) is 5.27. The highest BCUT2D eigenvalue weighted by molar-refractivity contribution is 5.11. The average molecular weight is 154 g/mol. The van der Waals surface area contributed by atoms with Crippen molar-refractivity contribution in [3.63, 3.8) is 0 Å². The number of nitrogens with zero attached hydrogens (tertiary/aromatic N) is 3. The van der Waals surface area contributed by atoms with Crippen LogP contribution in [-0.4, -0.2) is 33.4 Å². The summed E-state index contributed by atoms with van der Waals surface area (Å²) >= 11 is 0. The van der Waals surface area contributed by atoms with Crippen molar-refractivity contribution in [2.75, 3.05) is 13.2 Å². The first-order valence-electron chi connectivity index (χ1n) is 3.40. The molecule has 60 valence electrons. The number of nitrogens with two attached hydrogens (primary N) is 1. The van der Waals surface area contributed by atoms with Gasteiger partial charge >= 0.3 is 0 Å². The molecule has 0 aromatic carbocycles. The van der Waals surface area contributed by atoms with Gasteiger partial charge in [0.1, 0.15) is 6.67 Å². The lowest BCUT2D eigenvalue weighted by Crippen LogP contribution is -2.33. The number of hydrazine groups is 1. The van der Waals surface area contributed by atoms with E-state index in [0.717, 1.165) is 10.9 Å². The van der Waals surface area contributed by atoms with Crippen LogP contribution in [0.5, 0.6) is 0 Å². The number of hydroxylamine groups is 2. The Labute approximate surface area is 64.5 Å². The van der Waals surface area contributed by atoms with Gasteiger partial charge in [-0.1, -0.05) is 0 Å². The van der Waals surface area contributed by atoms with Crippen molar-refractivity contribution in [1.29, 1.82) is 0 Å². The molecule has 0 aliphatic carbocycles. The van der Waals surface area contributed by atoms with Crippen LogP contribution in [0.15, 0.2) is 24.3 Å². The summed E-state index contributed by atoms with van der Waals surface area (Å²) in [6.45, 7) is 1.12. The zero-order valence-corrected chi connectivity index (χ0v) is 6.01. The average Bonchev–Trinajstić information content (AvgIpc) is 2.31. The molecule has 0 bridgehead atoms. The van der Waals surface area contributed by atoms with Crippen molar-refractivity contribution in [3.8, 4) is 0 Å². The second kappa shape index (κ2) is 2.14. The Morgan fingerprint density at radius 1 is 1.55 bits per heavy atom. The SMILES string of the molecule is NN1C=C2N(O)CC=CN2C1. The maximum absolute atomic E-state index is 9.29. The van der Waals surface area contributed by atoms with Crippen LogP contribution in [0.3, 0.4) is 0 Å². The van der Waals surface area contributed by atoms with Gasteiger partial charge in [0.15, 0.2) is 5.82 Å². The summed E-state index contributed by atoms with van der Waals surface area (Å²) in [7, 11) is 0. The number of hydrogen-bond acceptors (Lipinski definition) is 5. The van der Waals surface area contributed by atoms with Crippen LogP contribution in [0.2, 0.25) is 0 Å². The van der Waals surface area contributed by atoms with Crippen molar-refractivity contribution >= 4 is 0 Å². The second-order valence-corrected chi connectivity index (χ2v) is 2.58. The minimum atomic E-state index is 0.524. The fraction of sp³-hybridized carbons (Fsp3) is 0.333. The molecule has 0 atom stereocenters. The van der Waals surface area contributed by atoms with Crippen LogP contribution in [0, 0.1) is 0 Å². The standard InChI is InChI=1S/C6H10N4O/c7-9-4-6-8(5-9)2-1-3-10(6)11/h1-2,4,11H,3,5,7H2. The van der Waals surface area contributed by atoms with E-state index in [1.54, 1.807) is 6.20 Å². The van der Waals surface area contributed by atoms with E-state index in [9.17, 15) is 5.21 Å². The Bertz CT molecular complexity index is 225. The number of hydrogen-bond donors (Lipinski definition) is 2. The lowest BCUT2D eigenvalue weighted by Gasteiger charge is -2.27. The Morgan fingerprint density at radius 2 is 2.36 bits per heavy atom. The van der Waals surface area contributed by atoms with Crippen molar-refractivity contribution in [2.45, 2.75) is 0 Å². The fourth-order valence-corrected chi connectivity index (χ4v) is 1.22. The summed E-state index contributed by atoms with van der Waals surface area (Å²) in [5.41, 5.74) is 0. The van der Waals surface area contributed by atoms with Gasteiger partial charge in [0.25, 0.3) is 0 Å². The predicted molar refractivity (Wildman–Crippen MR) is 38.4 cm³/mol. The highest BCUT2D eigenvalue weighted by Crippen LogP contribution is 2.19. The fourth-order valence-electron chi connectivity index (χ4n) is 1.22. The van der Waals surface area contributed by atoms with Gasteiger partial charge in [-0.05, 0) is 6.08 Å². The molecule has 3 N–H and O–H groups in total. The minimum absolute atomic E-state index is 0.524. The molecule has 5 heteroatoms. The predicted octanol–water partition coefficient (Wildman–Crippen LogP) is -0.547. The molecule has 0 radical (unpaired) electrons. The molecular formula is C6H10N4O. The molecule has 2 rings (SSSR count). The monoisotopic (exact) mass is 154 g/mol. The number of fused-ring (bicyclic) bond motifs is 1. The van der Waals surface area contributed by atoms with Gasteiger partial charge < -0.3 is 4.90 Å². The second-order valence-electron chi connectivity index (χ2n) is 2.58. The quantitative estimate of drug-likeness (QED) is 0.459. The highest BCUT2D eigenvalue weighted by Gasteiger charge is 2.23. The summed E-state index contributed by atoms with van der Waals surface area (Å²) in [6.07, 6.45) is 5.48. The van der Waals surface area contributed by atoms with Crippen LogP contribution >= 0.6 is 0 Å². The summed E-state index contributed by atoms with van der Waals surface area (Å²) in [4.78, 5) is 1.86.